The molecule has 0 unspecified atom stereocenters. The molecule has 0 aliphatic heterocycles. The summed E-state index contributed by atoms with van der Waals surface area (Å²) >= 11 is 0. The zero-order chi connectivity index (χ0) is 25.7. The lowest BCUT2D eigenvalue weighted by Crippen LogP contribution is -2.47. The standard InChI is InChI=1S/C30H28N2O4/c1-19-11-25(16-32)30(35-17-22-6-3-5-21(12-22)15-31)14-29(19)36-18-24-7-4-8-26(20(24)2)23-9-10-27(33)28(34)13-23/h3-14,33-34H,16-18,32H2,1-2H3/p+1. The zero-order valence-electron chi connectivity index (χ0n) is 20.4. The van der Waals surface area contributed by atoms with E-state index in [1.54, 1.807) is 18.2 Å². The minimum Gasteiger partial charge on any atom is -0.504 e. The van der Waals surface area contributed by atoms with Gasteiger partial charge >= 0.3 is 0 Å². The van der Waals surface area contributed by atoms with E-state index in [2.05, 4.69) is 11.8 Å². The Balaban J connectivity index is 1.54. The predicted molar refractivity (Wildman–Crippen MR) is 138 cm³/mol. The highest BCUT2D eigenvalue weighted by molar-refractivity contribution is 5.71. The van der Waals surface area contributed by atoms with Crippen LogP contribution < -0.4 is 15.2 Å². The number of hydrogen-bond acceptors (Lipinski definition) is 5. The van der Waals surface area contributed by atoms with E-state index in [1.165, 1.54) is 6.07 Å². The zero-order valence-corrected chi connectivity index (χ0v) is 20.4. The first kappa shape index (κ1) is 24.6. The Labute approximate surface area is 210 Å². The second-order valence-corrected chi connectivity index (χ2v) is 8.66. The normalized spacial score (nSPS) is 10.6. The Bertz CT molecular complexity index is 1440. The summed E-state index contributed by atoms with van der Waals surface area (Å²) < 4.78 is 12.3. The number of nitrogens with zero attached hydrogens (tertiary/aromatic N) is 1. The van der Waals surface area contributed by atoms with Crippen molar-refractivity contribution in [1.29, 1.82) is 5.26 Å². The first-order chi connectivity index (χ1) is 17.4. The van der Waals surface area contributed by atoms with Gasteiger partial charge in [0.05, 0.1) is 11.6 Å². The van der Waals surface area contributed by atoms with E-state index in [9.17, 15) is 10.2 Å². The van der Waals surface area contributed by atoms with Crippen molar-refractivity contribution >= 4 is 0 Å². The fraction of sp³-hybridized carbons (Fsp3) is 0.167. The minimum absolute atomic E-state index is 0.145. The number of aromatic hydroxyl groups is 2. The molecule has 36 heavy (non-hydrogen) atoms. The van der Waals surface area contributed by atoms with E-state index in [0.29, 0.717) is 31.1 Å². The van der Waals surface area contributed by atoms with E-state index < -0.39 is 0 Å². The number of benzene rings is 4. The molecule has 0 amide bonds. The molecule has 5 N–H and O–H groups in total. The summed E-state index contributed by atoms with van der Waals surface area (Å²) in [4.78, 5) is 0. The van der Waals surface area contributed by atoms with E-state index in [0.717, 1.165) is 44.7 Å². The molecule has 6 heteroatoms. The molecule has 0 aromatic heterocycles. The molecule has 0 spiro atoms. The van der Waals surface area contributed by atoms with Crippen LogP contribution in [0.15, 0.2) is 72.8 Å². The third-order valence-corrected chi connectivity index (χ3v) is 6.19. The van der Waals surface area contributed by atoms with Crippen LogP contribution in [0.2, 0.25) is 0 Å². The highest BCUT2D eigenvalue weighted by atomic mass is 16.5. The molecule has 4 rings (SSSR count). The number of hydrogen-bond donors (Lipinski definition) is 3. The van der Waals surface area contributed by atoms with Crippen molar-refractivity contribution in [2.24, 2.45) is 0 Å². The Kier molecular flexibility index (Phi) is 7.43. The average molecular weight is 482 g/mol. The number of aryl methyl sites for hydroxylation is 1. The molecule has 0 bridgehead atoms. The summed E-state index contributed by atoms with van der Waals surface area (Å²) in [5.41, 5.74) is 11.3. The predicted octanol–water partition coefficient (Wildman–Crippen LogP) is 5.15. The van der Waals surface area contributed by atoms with Gasteiger partial charge in [-0.05, 0) is 77.6 Å². The number of phenols is 2. The Hall–Kier alpha value is -4.47. The number of nitriles is 1. The van der Waals surface area contributed by atoms with Crippen LogP contribution in [0.1, 0.15) is 33.4 Å². The second kappa shape index (κ2) is 10.9. The highest BCUT2D eigenvalue weighted by Crippen LogP contribution is 2.34. The number of ether oxygens (including phenoxy) is 2. The monoisotopic (exact) mass is 481 g/mol. The molecule has 6 nitrogen and oxygen atoms in total. The lowest BCUT2D eigenvalue weighted by atomic mass is 9.96. The Morgan fingerprint density at radius 3 is 2.33 bits per heavy atom. The van der Waals surface area contributed by atoms with Gasteiger partial charge < -0.3 is 25.4 Å². The molecule has 0 radical (unpaired) electrons. The molecule has 0 saturated heterocycles. The van der Waals surface area contributed by atoms with Crippen LogP contribution >= 0.6 is 0 Å². The molecule has 0 saturated carbocycles. The first-order valence-corrected chi connectivity index (χ1v) is 11.7. The smallest absolute Gasteiger partial charge is 0.158 e. The molecule has 0 aliphatic carbocycles. The summed E-state index contributed by atoms with van der Waals surface area (Å²) in [5.74, 6) is 1.13. The van der Waals surface area contributed by atoms with Gasteiger partial charge in [-0.2, -0.15) is 5.26 Å². The Morgan fingerprint density at radius 1 is 0.806 bits per heavy atom. The molecule has 0 atom stereocenters. The van der Waals surface area contributed by atoms with Crippen molar-refractivity contribution in [2.45, 2.75) is 33.6 Å². The molecular formula is C30H29N2O4+. The molecule has 0 fully saturated rings. The molecule has 4 aromatic carbocycles. The van der Waals surface area contributed by atoms with Gasteiger partial charge in [0.15, 0.2) is 11.5 Å². The number of phenolic OH excluding ortho intramolecular Hbond substituents is 2. The third kappa shape index (κ3) is 5.43. The van der Waals surface area contributed by atoms with Crippen molar-refractivity contribution in [3.05, 3.63) is 106 Å². The van der Waals surface area contributed by atoms with Gasteiger partial charge in [0.25, 0.3) is 0 Å². The van der Waals surface area contributed by atoms with Gasteiger partial charge in [0.2, 0.25) is 0 Å². The largest absolute Gasteiger partial charge is 0.504 e. The van der Waals surface area contributed by atoms with Crippen LogP contribution in [0.5, 0.6) is 23.0 Å². The molecule has 4 aromatic rings. The molecule has 182 valence electrons. The maximum atomic E-state index is 9.91. The minimum atomic E-state index is -0.151. The summed E-state index contributed by atoms with van der Waals surface area (Å²) in [6.07, 6.45) is 0. The van der Waals surface area contributed by atoms with Gasteiger partial charge in [-0.3, -0.25) is 0 Å². The summed E-state index contributed by atoms with van der Waals surface area (Å²) in [6, 6.07) is 24.2. The van der Waals surface area contributed by atoms with Crippen LogP contribution in [-0.4, -0.2) is 10.2 Å². The van der Waals surface area contributed by atoms with Gasteiger partial charge in [-0.1, -0.05) is 36.4 Å². The summed E-state index contributed by atoms with van der Waals surface area (Å²) in [6.45, 7) is 5.29. The molecular weight excluding hydrogens is 452 g/mol. The quantitative estimate of drug-likeness (QED) is 0.301. The van der Waals surface area contributed by atoms with Crippen LogP contribution in [-0.2, 0) is 19.8 Å². The lowest BCUT2D eigenvalue weighted by Gasteiger charge is -2.17. The Morgan fingerprint density at radius 2 is 1.58 bits per heavy atom. The van der Waals surface area contributed by atoms with Crippen molar-refractivity contribution in [3.63, 3.8) is 0 Å². The van der Waals surface area contributed by atoms with Crippen molar-refractivity contribution in [1.82, 2.24) is 0 Å². The van der Waals surface area contributed by atoms with Crippen molar-refractivity contribution in [3.8, 4) is 40.2 Å². The SMILES string of the molecule is Cc1cc(C[NH3+])c(OCc2cccc(C#N)c2)cc1OCc1cccc(-c2ccc(O)c(O)c2)c1C. The lowest BCUT2D eigenvalue weighted by molar-refractivity contribution is -0.386. The highest BCUT2D eigenvalue weighted by Gasteiger charge is 2.13. The fourth-order valence-electron chi connectivity index (χ4n) is 4.11. The number of rotatable bonds is 8. The molecule has 0 heterocycles. The maximum Gasteiger partial charge on any atom is 0.158 e. The van der Waals surface area contributed by atoms with Crippen LogP contribution in [0.4, 0.5) is 0 Å². The first-order valence-electron chi connectivity index (χ1n) is 11.7. The molecule has 0 aliphatic rings. The van der Waals surface area contributed by atoms with E-state index in [4.69, 9.17) is 14.7 Å². The van der Waals surface area contributed by atoms with Gasteiger partial charge in [-0.15, -0.1) is 0 Å². The van der Waals surface area contributed by atoms with Gasteiger partial charge in [-0.25, -0.2) is 0 Å². The third-order valence-electron chi connectivity index (χ3n) is 6.19. The topological polar surface area (TPSA) is 110 Å². The van der Waals surface area contributed by atoms with Crippen LogP contribution in [0.25, 0.3) is 11.1 Å². The van der Waals surface area contributed by atoms with Crippen LogP contribution in [0, 0.1) is 25.2 Å². The average Bonchev–Trinajstić information content (AvgIpc) is 2.89. The summed E-state index contributed by atoms with van der Waals surface area (Å²) in [5, 5.41) is 28.7. The van der Waals surface area contributed by atoms with Gasteiger partial charge in [0, 0.05) is 11.6 Å². The second-order valence-electron chi connectivity index (χ2n) is 8.66. The van der Waals surface area contributed by atoms with E-state index in [1.807, 2.05) is 62.4 Å². The number of quaternary nitrogens is 1. The van der Waals surface area contributed by atoms with E-state index >= 15 is 0 Å². The fourth-order valence-corrected chi connectivity index (χ4v) is 4.11. The maximum absolute atomic E-state index is 9.91. The van der Waals surface area contributed by atoms with Crippen LogP contribution in [0.3, 0.4) is 0 Å². The van der Waals surface area contributed by atoms with Gasteiger partial charge in [0.1, 0.15) is 31.3 Å². The van der Waals surface area contributed by atoms with Crippen molar-refractivity contribution in [2.75, 3.05) is 0 Å². The summed E-state index contributed by atoms with van der Waals surface area (Å²) in [7, 11) is 0. The van der Waals surface area contributed by atoms with Crippen molar-refractivity contribution < 1.29 is 25.4 Å². The van der Waals surface area contributed by atoms with E-state index in [-0.39, 0.29) is 11.5 Å².